The predicted octanol–water partition coefficient (Wildman–Crippen LogP) is -3.59. The largest absolute Gasteiger partial charge is 0.375 e. The minimum absolute atomic E-state index is 0.0276. The van der Waals surface area contributed by atoms with Crippen molar-refractivity contribution in [3.8, 4) is 0 Å². The van der Waals surface area contributed by atoms with Gasteiger partial charge in [-0.15, -0.1) is 0 Å². The van der Waals surface area contributed by atoms with Crippen LogP contribution in [-0.4, -0.2) is 194 Å². The summed E-state index contributed by atoms with van der Waals surface area (Å²) >= 11 is 0. The first-order valence-corrected chi connectivity index (χ1v) is 21.3. The third-order valence-electron chi connectivity index (χ3n) is 9.35. The van der Waals surface area contributed by atoms with Gasteiger partial charge in [0.15, 0.2) is 0 Å². The summed E-state index contributed by atoms with van der Waals surface area (Å²) in [5, 5.41) is 16.0. The predicted molar refractivity (Wildman–Crippen MR) is 249 cm³/mol. The number of carbonyl (C=O) groups excluding carboxylic acids is 12. The molecule has 0 aliphatic carbocycles. The summed E-state index contributed by atoms with van der Waals surface area (Å²) in [7, 11) is 6.43. The number of hydrogen-bond acceptors (Lipinski definition) is 19. The van der Waals surface area contributed by atoms with Gasteiger partial charge in [-0.05, 0) is 24.3 Å². The zero-order valence-electron chi connectivity index (χ0n) is 39.1. The molecule has 0 fully saturated rings. The molecule has 71 heavy (non-hydrogen) atoms. The van der Waals surface area contributed by atoms with Crippen LogP contribution in [0.15, 0.2) is 85.3 Å². The number of hydroxylamine groups is 1. The number of methoxy groups -OCH3 is 1. The monoisotopic (exact) mass is 987 g/mol. The number of rotatable bonds is 21. The Morgan fingerprint density at radius 1 is 0.451 bits per heavy atom. The van der Waals surface area contributed by atoms with Crippen molar-refractivity contribution in [2.75, 3.05) is 104 Å². The van der Waals surface area contributed by atoms with E-state index in [4.69, 9.17) is 0 Å². The van der Waals surface area contributed by atoms with Gasteiger partial charge in [0.25, 0.3) is 59.1 Å². The van der Waals surface area contributed by atoms with Gasteiger partial charge in [-0.25, -0.2) is 15.4 Å². The van der Waals surface area contributed by atoms with Crippen molar-refractivity contribution in [2.45, 2.75) is 0 Å². The van der Waals surface area contributed by atoms with E-state index in [1.807, 2.05) is 0 Å². The zero-order chi connectivity index (χ0) is 52.3. The van der Waals surface area contributed by atoms with Crippen LogP contribution in [0.25, 0.3) is 0 Å². The van der Waals surface area contributed by atoms with E-state index >= 15 is 0 Å². The zero-order valence-corrected chi connectivity index (χ0v) is 39.1. The highest BCUT2D eigenvalue weighted by Crippen LogP contribution is 2.07. The van der Waals surface area contributed by atoms with E-state index < -0.39 is 0 Å². The van der Waals surface area contributed by atoms with E-state index in [0.717, 1.165) is 19.6 Å². The number of amides is 12. The molecule has 4 aliphatic heterocycles. The normalized spacial score (nSPS) is 14.2. The minimum atomic E-state index is -0.357. The first-order chi connectivity index (χ1) is 34.0. The summed E-state index contributed by atoms with van der Waals surface area (Å²) in [6.07, 6.45) is 12.6. The third kappa shape index (κ3) is 19.0. The van der Waals surface area contributed by atoms with Gasteiger partial charge in [0.05, 0.1) is 11.1 Å². The van der Waals surface area contributed by atoms with Gasteiger partial charge in [-0.1, -0.05) is 0 Å². The molecule has 0 bridgehead atoms. The molecule has 4 aliphatic rings. The molecule has 6 rings (SSSR count). The molecular formula is C44H53N13O14. The number of carbonyl (C=O) groups is 12. The number of nitrogens with one attached hydrogen (secondary N) is 7. The van der Waals surface area contributed by atoms with Gasteiger partial charge in [-0.3, -0.25) is 82.0 Å². The molecule has 0 radical (unpaired) electrons. The van der Waals surface area contributed by atoms with Crippen molar-refractivity contribution in [2.24, 2.45) is 0 Å². The molecular weight excluding hydrogens is 935 g/mol. The Hall–Kier alpha value is -8.82. The number of aromatic nitrogens is 2. The Kier molecular flexibility index (Phi) is 23.7. The highest BCUT2D eigenvalue weighted by Gasteiger charge is 2.25. The molecule has 0 saturated carbocycles. The summed E-state index contributed by atoms with van der Waals surface area (Å²) in [4.78, 5) is 152. The lowest BCUT2D eigenvalue weighted by Gasteiger charge is -2.13. The number of hydrogen-bond donors (Lipinski definition) is 7. The van der Waals surface area contributed by atoms with Crippen LogP contribution in [-0.2, 0) is 57.5 Å². The maximum absolute atomic E-state index is 11.8. The van der Waals surface area contributed by atoms with Gasteiger partial charge < -0.3 is 36.6 Å². The highest BCUT2D eigenvalue weighted by atomic mass is 16.6. The quantitative estimate of drug-likeness (QED) is 0.0469. The number of imide groups is 4. The van der Waals surface area contributed by atoms with E-state index in [2.05, 4.69) is 56.9 Å². The van der Waals surface area contributed by atoms with E-state index in [9.17, 15) is 57.5 Å². The summed E-state index contributed by atoms with van der Waals surface area (Å²) in [6.45, 7) is 1.35. The maximum atomic E-state index is 11.8. The van der Waals surface area contributed by atoms with Crippen LogP contribution in [0.3, 0.4) is 0 Å². The second-order valence-electron chi connectivity index (χ2n) is 14.1. The SMILES string of the molecule is CNOCC(=O)NCCN1C(=O)C=CC1=O.CNc1ccc(C(=O)NCCN2C(=O)C=CC2=O)cn1.CNc1ccc(C(=O)NCCN2C(=O)C=CC2=O)cn1.COCC(=O)NCCN1C(=O)C=CC1=O. The first kappa shape index (κ1) is 56.5. The molecule has 0 atom stereocenters. The Morgan fingerprint density at radius 2 is 0.746 bits per heavy atom. The fraction of sp³-hybridized carbons (Fsp3) is 0.318. The van der Waals surface area contributed by atoms with Gasteiger partial charge >= 0.3 is 0 Å². The number of ether oxygens (including phenoxy) is 1. The van der Waals surface area contributed by atoms with Crippen LogP contribution in [0.5, 0.6) is 0 Å². The van der Waals surface area contributed by atoms with Crippen LogP contribution < -0.4 is 37.4 Å². The lowest BCUT2D eigenvalue weighted by molar-refractivity contribution is -0.138. The smallest absolute Gasteiger partial charge is 0.253 e. The molecule has 27 heteroatoms. The molecule has 12 amide bonds. The van der Waals surface area contributed by atoms with Crippen LogP contribution >= 0.6 is 0 Å². The fourth-order valence-electron chi connectivity index (χ4n) is 5.71. The third-order valence-corrected chi connectivity index (χ3v) is 9.35. The Morgan fingerprint density at radius 3 is 1.00 bits per heavy atom. The molecule has 27 nitrogen and oxygen atoms in total. The van der Waals surface area contributed by atoms with Crippen molar-refractivity contribution in [1.82, 2.24) is 56.3 Å². The van der Waals surface area contributed by atoms with Crippen molar-refractivity contribution in [3.05, 3.63) is 96.4 Å². The average Bonchev–Trinajstić information content (AvgIpc) is 4.09. The Balaban J connectivity index is 0.000000252. The van der Waals surface area contributed by atoms with E-state index in [-0.39, 0.29) is 136 Å². The molecule has 7 N–H and O–H groups in total. The van der Waals surface area contributed by atoms with Gasteiger partial charge in [0.1, 0.15) is 24.8 Å². The second kappa shape index (κ2) is 29.8. The summed E-state index contributed by atoms with van der Waals surface area (Å²) in [5.74, 6) is -2.69. The minimum Gasteiger partial charge on any atom is -0.375 e. The molecule has 2 aromatic heterocycles. The lowest BCUT2D eigenvalue weighted by Crippen LogP contribution is -2.39. The van der Waals surface area contributed by atoms with E-state index in [1.165, 1.54) is 68.1 Å². The fourth-order valence-corrected chi connectivity index (χ4v) is 5.71. The molecule has 0 unspecified atom stereocenters. The first-order valence-electron chi connectivity index (χ1n) is 21.3. The van der Waals surface area contributed by atoms with Gasteiger partial charge in [0.2, 0.25) is 11.8 Å². The summed E-state index contributed by atoms with van der Waals surface area (Å²) in [5.41, 5.74) is 3.19. The highest BCUT2D eigenvalue weighted by molar-refractivity contribution is 6.14. The molecule has 378 valence electrons. The number of pyridine rings is 2. The standard InChI is InChI=1S/2C13H14N4O3.C9H13N3O4.C9H12N2O4/c2*1-14-10-3-2-9(8-16-10)13(20)15-6-7-17-11(18)4-5-12(17)19;1-10-16-6-7(13)11-4-5-12-8(14)2-3-9(12)15;1-15-6-7(12)10-4-5-11-8(13)2-3-9(11)14/h2*2-5,8H,6-7H2,1H3,(H,14,16)(H,15,20);2-3,10H,4-6H2,1H3,(H,11,13);2-3H,4-6H2,1H3,(H,10,12). The molecule has 2 aromatic rings. The molecule has 0 saturated heterocycles. The van der Waals surface area contributed by atoms with Gasteiger partial charge in [0, 0.05) is 142 Å². The Bertz CT molecular complexity index is 2250. The average molecular weight is 988 g/mol. The maximum Gasteiger partial charge on any atom is 0.253 e. The number of nitrogens with zero attached hydrogens (tertiary/aromatic N) is 6. The van der Waals surface area contributed by atoms with Crippen LogP contribution in [0.2, 0.25) is 0 Å². The molecule has 6 heterocycles. The Labute approximate surface area is 406 Å². The van der Waals surface area contributed by atoms with E-state index in [1.54, 1.807) is 45.4 Å². The van der Waals surface area contributed by atoms with Crippen molar-refractivity contribution >= 4 is 82.5 Å². The second-order valence-corrected chi connectivity index (χ2v) is 14.1. The van der Waals surface area contributed by atoms with Crippen molar-refractivity contribution < 1.29 is 67.1 Å². The summed E-state index contributed by atoms with van der Waals surface area (Å²) < 4.78 is 4.60. The molecule has 0 aromatic carbocycles. The van der Waals surface area contributed by atoms with Crippen LogP contribution in [0.4, 0.5) is 11.6 Å². The number of anilines is 2. The topological polar surface area (TPSA) is 346 Å². The van der Waals surface area contributed by atoms with Crippen molar-refractivity contribution in [3.63, 3.8) is 0 Å². The summed E-state index contributed by atoms with van der Waals surface area (Å²) in [6, 6.07) is 6.66. The lowest BCUT2D eigenvalue weighted by atomic mass is 10.2. The van der Waals surface area contributed by atoms with Crippen molar-refractivity contribution in [1.29, 1.82) is 0 Å². The van der Waals surface area contributed by atoms with Crippen LogP contribution in [0, 0.1) is 0 Å². The van der Waals surface area contributed by atoms with E-state index in [0.29, 0.717) is 22.8 Å². The molecule has 0 spiro atoms. The van der Waals surface area contributed by atoms with Gasteiger partial charge in [-0.2, -0.15) is 0 Å². The van der Waals surface area contributed by atoms with Crippen LogP contribution in [0.1, 0.15) is 20.7 Å².